The molecule has 0 atom stereocenters. The van der Waals surface area contributed by atoms with E-state index in [0.29, 0.717) is 18.2 Å². The number of rotatable bonds is 8. The van der Waals surface area contributed by atoms with E-state index in [-0.39, 0.29) is 23.0 Å². The number of ether oxygens (including phenoxy) is 1. The standard InChI is InChI=1S/C23H20Cl2N2O3/c24-18-10-11-20(21(25)12-18)23(29)27-14-22(28)26-13-16-6-4-5-7-17(16)15-30-19-8-2-1-3-9-19/h1-12H,13-15H2,(H,26,28)(H,27,29). The maximum absolute atomic E-state index is 12.2. The number of carbonyl (C=O) groups is 2. The Hall–Kier alpha value is -3.02. The lowest BCUT2D eigenvalue weighted by molar-refractivity contribution is -0.120. The van der Waals surface area contributed by atoms with Gasteiger partial charge in [0.25, 0.3) is 5.91 Å². The summed E-state index contributed by atoms with van der Waals surface area (Å²) in [7, 11) is 0. The van der Waals surface area contributed by atoms with E-state index in [9.17, 15) is 9.59 Å². The van der Waals surface area contributed by atoms with Crippen LogP contribution in [0.15, 0.2) is 72.8 Å². The summed E-state index contributed by atoms with van der Waals surface area (Å²) in [6, 6.07) is 21.8. The van der Waals surface area contributed by atoms with Gasteiger partial charge in [0.1, 0.15) is 12.4 Å². The van der Waals surface area contributed by atoms with Crippen molar-refractivity contribution in [1.29, 1.82) is 0 Å². The molecular formula is C23H20Cl2N2O3. The minimum Gasteiger partial charge on any atom is -0.489 e. The molecule has 0 heterocycles. The molecule has 0 unspecified atom stereocenters. The lowest BCUT2D eigenvalue weighted by Gasteiger charge is -2.12. The van der Waals surface area contributed by atoms with E-state index in [4.69, 9.17) is 27.9 Å². The molecule has 0 aliphatic carbocycles. The van der Waals surface area contributed by atoms with Crippen LogP contribution in [0.1, 0.15) is 21.5 Å². The molecule has 3 rings (SSSR count). The van der Waals surface area contributed by atoms with Gasteiger partial charge >= 0.3 is 0 Å². The van der Waals surface area contributed by atoms with Gasteiger partial charge < -0.3 is 15.4 Å². The summed E-state index contributed by atoms with van der Waals surface area (Å²) < 4.78 is 5.80. The smallest absolute Gasteiger partial charge is 0.253 e. The van der Waals surface area contributed by atoms with Crippen LogP contribution >= 0.6 is 23.2 Å². The highest BCUT2D eigenvalue weighted by Crippen LogP contribution is 2.20. The first kappa shape index (κ1) is 21.7. The van der Waals surface area contributed by atoms with Crippen molar-refractivity contribution in [2.45, 2.75) is 13.2 Å². The van der Waals surface area contributed by atoms with Crippen LogP contribution in [-0.4, -0.2) is 18.4 Å². The second-order valence-electron chi connectivity index (χ2n) is 6.45. The molecule has 0 radical (unpaired) electrons. The number of nitrogens with one attached hydrogen (secondary N) is 2. The van der Waals surface area contributed by atoms with Gasteiger partial charge in [0.05, 0.1) is 17.1 Å². The number of para-hydroxylation sites is 1. The van der Waals surface area contributed by atoms with Crippen molar-refractivity contribution >= 4 is 35.0 Å². The first-order valence-electron chi connectivity index (χ1n) is 9.27. The topological polar surface area (TPSA) is 67.4 Å². The van der Waals surface area contributed by atoms with E-state index in [2.05, 4.69) is 10.6 Å². The van der Waals surface area contributed by atoms with Crippen LogP contribution in [0, 0.1) is 0 Å². The van der Waals surface area contributed by atoms with Crippen molar-refractivity contribution < 1.29 is 14.3 Å². The summed E-state index contributed by atoms with van der Waals surface area (Å²) in [5.74, 6) is 0.0237. The number of carbonyl (C=O) groups excluding carboxylic acids is 2. The van der Waals surface area contributed by atoms with Crippen molar-refractivity contribution in [2.75, 3.05) is 6.54 Å². The molecule has 7 heteroatoms. The molecule has 30 heavy (non-hydrogen) atoms. The van der Waals surface area contributed by atoms with E-state index in [1.165, 1.54) is 12.1 Å². The van der Waals surface area contributed by atoms with Crippen molar-refractivity contribution in [2.24, 2.45) is 0 Å². The fraction of sp³-hybridized carbons (Fsp3) is 0.130. The van der Waals surface area contributed by atoms with Gasteiger partial charge in [-0.2, -0.15) is 0 Å². The predicted octanol–water partition coefficient (Wildman–Crippen LogP) is 4.62. The molecule has 0 aromatic heterocycles. The quantitative estimate of drug-likeness (QED) is 0.534. The minimum absolute atomic E-state index is 0.166. The third kappa shape index (κ3) is 6.24. The lowest BCUT2D eigenvalue weighted by Crippen LogP contribution is -2.36. The van der Waals surface area contributed by atoms with Crippen LogP contribution in [0.2, 0.25) is 10.0 Å². The zero-order valence-electron chi connectivity index (χ0n) is 16.0. The van der Waals surface area contributed by atoms with Gasteiger partial charge in [-0.25, -0.2) is 0 Å². The third-order valence-electron chi connectivity index (χ3n) is 4.32. The number of benzene rings is 3. The Morgan fingerprint density at radius 1 is 0.833 bits per heavy atom. The number of hydrogen-bond acceptors (Lipinski definition) is 3. The van der Waals surface area contributed by atoms with Crippen LogP contribution in [0.5, 0.6) is 5.75 Å². The van der Waals surface area contributed by atoms with E-state index >= 15 is 0 Å². The summed E-state index contributed by atoms with van der Waals surface area (Å²) in [5, 5.41) is 6.02. The average molecular weight is 443 g/mol. The lowest BCUT2D eigenvalue weighted by atomic mass is 10.1. The maximum Gasteiger partial charge on any atom is 0.253 e. The summed E-state index contributed by atoms with van der Waals surface area (Å²) in [4.78, 5) is 24.4. The van der Waals surface area contributed by atoms with Crippen LogP contribution in [0.25, 0.3) is 0 Å². The molecule has 2 amide bonds. The third-order valence-corrected chi connectivity index (χ3v) is 4.87. The van der Waals surface area contributed by atoms with Crippen LogP contribution in [-0.2, 0) is 17.9 Å². The highest BCUT2D eigenvalue weighted by molar-refractivity contribution is 6.36. The van der Waals surface area contributed by atoms with Crippen molar-refractivity contribution in [1.82, 2.24) is 10.6 Å². The molecule has 0 saturated heterocycles. The minimum atomic E-state index is -0.441. The zero-order valence-corrected chi connectivity index (χ0v) is 17.5. The SMILES string of the molecule is O=C(CNC(=O)c1ccc(Cl)cc1Cl)NCc1ccccc1COc1ccccc1. The fourth-order valence-electron chi connectivity index (χ4n) is 2.73. The van der Waals surface area contributed by atoms with E-state index < -0.39 is 5.91 Å². The van der Waals surface area contributed by atoms with E-state index in [1.807, 2.05) is 54.6 Å². The average Bonchev–Trinajstić information content (AvgIpc) is 2.76. The summed E-state index contributed by atoms with van der Waals surface area (Å²) in [6.45, 7) is 0.549. The van der Waals surface area contributed by atoms with Gasteiger partial charge in [0, 0.05) is 11.6 Å². The number of hydrogen-bond donors (Lipinski definition) is 2. The van der Waals surface area contributed by atoms with Gasteiger partial charge in [-0.05, 0) is 41.5 Å². The van der Waals surface area contributed by atoms with Crippen LogP contribution < -0.4 is 15.4 Å². The van der Waals surface area contributed by atoms with Crippen LogP contribution in [0.3, 0.4) is 0 Å². The molecule has 0 spiro atoms. The van der Waals surface area contributed by atoms with E-state index in [1.54, 1.807) is 6.07 Å². The van der Waals surface area contributed by atoms with Gasteiger partial charge in [0.2, 0.25) is 5.91 Å². The molecular weight excluding hydrogens is 423 g/mol. The van der Waals surface area contributed by atoms with Gasteiger partial charge in [-0.3, -0.25) is 9.59 Å². The highest BCUT2D eigenvalue weighted by Gasteiger charge is 2.12. The molecule has 0 bridgehead atoms. The van der Waals surface area contributed by atoms with E-state index in [0.717, 1.165) is 16.9 Å². The normalized spacial score (nSPS) is 10.3. The molecule has 0 saturated carbocycles. The summed E-state index contributed by atoms with van der Waals surface area (Å²) in [5.41, 5.74) is 2.17. The fourth-order valence-corrected chi connectivity index (χ4v) is 3.23. The molecule has 0 aliphatic heterocycles. The largest absolute Gasteiger partial charge is 0.489 e. The summed E-state index contributed by atoms with van der Waals surface area (Å²) in [6.07, 6.45) is 0. The zero-order chi connectivity index (χ0) is 21.3. The van der Waals surface area contributed by atoms with Crippen molar-refractivity contribution in [3.8, 4) is 5.75 Å². The Morgan fingerprint density at radius 3 is 2.27 bits per heavy atom. The molecule has 5 nitrogen and oxygen atoms in total. The Kier molecular flexibility index (Phi) is 7.71. The Labute approximate surface area is 185 Å². The summed E-state index contributed by atoms with van der Waals surface area (Å²) >= 11 is 11.8. The van der Waals surface area contributed by atoms with Gasteiger partial charge in [0.15, 0.2) is 0 Å². The molecule has 3 aromatic carbocycles. The van der Waals surface area contributed by atoms with Crippen molar-refractivity contribution in [3.05, 3.63) is 99.5 Å². The molecule has 2 N–H and O–H groups in total. The first-order chi connectivity index (χ1) is 14.5. The predicted molar refractivity (Wildman–Crippen MR) is 118 cm³/mol. The second-order valence-corrected chi connectivity index (χ2v) is 7.30. The Morgan fingerprint density at radius 2 is 1.53 bits per heavy atom. The van der Waals surface area contributed by atoms with Gasteiger partial charge in [-0.1, -0.05) is 65.7 Å². The Balaban J connectivity index is 1.50. The van der Waals surface area contributed by atoms with Crippen molar-refractivity contribution in [3.63, 3.8) is 0 Å². The molecule has 0 aliphatic rings. The number of halogens is 2. The second kappa shape index (κ2) is 10.7. The molecule has 0 fully saturated rings. The van der Waals surface area contributed by atoms with Gasteiger partial charge in [-0.15, -0.1) is 0 Å². The monoisotopic (exact) mass is 442 g/mol. The number of amides is 2. The Bertz CT molecular complexity index is 1030. The highest BCUT2D eigenvalue weighted by atomic mass is 35.5. The first-order valence-corrected chi connectivity index (χ1v) is 10.0. The van der Waals surface area contributed by atoms with Crippen LogP contribution in [0.4, 0.5) is 0 Å². The maximum atomic E-state index is 12.2. The molecule has 154 valence electrons. The molecule has 3 aromatic rings.